The summed E-state index contributed by atoms with van der Waals surface area (Å²) in [5, 5.41) is 16.7. The molecule has 0 saturated carbocycles. The monoisotopic (exact) mass is 374 g/mol. The number of carbonyl (C=O) groups is 1. The Morgan fingerprint density at radius 3 is 2.75 bits per heavy atom. The van der Waals surface area contributed by atoms with E-state index >= 15 is 0 Å². The first-order chi connectivity index (χ1) is 13.6. The van der Waals surface area contributed by atoms with Crippen LogP contribution in [0.2, 0.25) is 0 Å². The van der Waals surface area contributed by atoms with Gasteiger partial charge in [-0.05, 0) is 44.2 Å². The maximum Gasteiger partial charge on any atom is 0.358 e. The number of fused-ring (bicyclic) bond motifs is 1. The molecule has 0 aliphatic heterocycles. The van der Waals surface area contributed by atoms with Gasteiger partial charge >= 0.3 is 5.97 Å². The van der Waals surface area contributed by atoms with Crippen molar-refractivity contribution in [3.8, 4) is 5.82 Å². The number of carbonyl (C=O) groups excluding carboxylic acids is 1. The molecule has 8 nitrogen and oxygen atoms in total. The molecule has 0 amide bonds. The number of nitrogens with one attached hydrogen (secondary N) is 1. The number of aryl methyl sites for hydroxylation is 1. The zero-order chi connectivity index (χ0) is 19.5. The molecule has 0 radical (unpaired) electrons. The van der Waals surface area contributed by atoms with E-state index in [4.69, 9.17) is 4.74 Å². The van der Waals surface area contributed by atoms with E-state index in [1.807, 2.05) is 49.4 Å². The van der Waals surface area contributed by atoms with Gasteiger partial charge in [0.1, 0.15) is 5.82 Å². The number of hydrogen-bond acceptors (Lipinski definition) is 7. The molecule has 1 aromatic carbocycles. The highest BCUT2D eigenvalue weighted by Gasteiger charge is 2.12. The van der Waals surface area contributed by atoms with Gasteiger partial charge in [0.15, 0.2) is 17.3 Å². The normalized spacial score (nSPS) is 10.8. The zero-order valence-corrected chi connectivity index (χ0v) is 15.5. The van der Waals surface area contributed by atoms with Crippen LogP contribution in [0, 0.1) is 6.92 Å². The molecule has 0 spiro atoms. The van der Waals surface area contributed by atoms with Crippen molar-refractivity contribution in [2.75, 3.05) is 11.9 Å². The first-order valence-corrected chi connectivity index (χ1v) is 8.85. The van der Waals surface area contributed by atoms with E-state index in [9.17, 15) is 4.79 Å². The Balaban J connectivity index is 1.63. The average molecular weight is 374 g/mol. The number of rotatable bonds is 5. The standard InChI is InChI=1S/C20H18N6O2/c1-3-28-20(27)16-9-10-17(24-23-16)22-19-12-13(2)25-26(19)18-11-8-14-6-4-5-7-15(14)21-18/h4-12H,3H2,1-2H3,(H,22,24). The van der Waals surface area contributed by atoms with Crippen LogP contribution < -0.4 is 5.32 Å². The van der Waals surface area contributed by atoms with Gasteiger partial charge in [0.05, 0.1) is 17.8 Å². The van der Waals surface area contributed by atoms with Crippen molar-refractivity contribution in [1.29, 1.82) is 0 Å². The van der Waals surface area contributed by atoms with Crippen molar-refractivity contribution in [3.05, 3.63) is 66.0 Å². The van der Waals surface area contributed by atoms with E-state index < -0.39 is 5.97 Å². The molecule has 0 unspecified atom stereocenters. The van der Waals surface area contributed by atoms with E-state index in [1.54, 1.807) is 23.7 Å². The van der Waals surface area contributed by atoms with Crippen molar-refractivity contribution in [2.24, 2.45) is 0 Å². The number of nitrogens with zero attached hydrogens (tertiary/aromatic N) is 5. The summed E-state index contributed by atoms with van der Waals surface area (Å²) in [7, 11) is 0. The van der Waals surface area contributed by atoms with Crippen molar-refractivity contribution < 1.29 is 9.53 Å². The number of aromatic nitrogens is 5. The molecular formula is C20H18N6O2. The highest BCUT2D eigenvalue weighted by atomic mass is 16.5. The highest BCUT2D eigenvalue weighted by molar-refractivity contribution is 5.87. The average Bonchev–Trinajstić information content (AvgIpc) is 3.08. The Morgan fingerprint density at radius 2 is 1.96 bits per heavy atom. The first-order valence-electron chi connectivity index (χ1n) is 8.85. The van der Waals surface area contributed by atoms with Crippen LogP contribution in [-0.4, -0.2) is 37.5 Å². The van der Waals surface area contributed by atoms with Crippen LogP contribution in [0.5, 0.6) is 0 Å². The molecule has 0 fully saturated rings. The van der Waals surface area contributed by atoms with Crippen molar-refractivity contribution in [3.63, 3.8) is 0 Å². The van der Waals surface area contributed by atoms with Crippen LogP contribution in [0.25, 0.3) is 16.7 Å². The fourth-order valence-corrected chi connectivity index (χ4v) is 2.78. The van der Waals surface area contributed by atoms with E-state index in [0.29, 0.717) is 17.5 Å². The summed E-state index contributed by atoms with van der Waals surface area (Å²) in [6, 6.07) is 16.9. The number of pyridine rings is 1. The minimum atomic E-state index is -0.497. The molecule has 4 rings (SSSR count). The van der Waals surface area contributed by atoms with Gasteiger partial charge in [-0.15, -0.1) is 10.2 Å². The van der Waals surface area contributed by atoms with E-state index in [2.05, 4.69) is 25.6 Å². The van der Waals surface area contributed by atoms with Gasteiger partial charge in [0.25, 0.3) is 0 Å². The van der Waals surface area contributed by atoms with Crippen LogP contribution in [0.15, 0.2) is 54.6 Å². The van der Waals surface area contributed by atoms with Gasteiger partial charge in [-0.1, -0.05) is 18.2 Å². The molecule has 1 N–H and O–H groups in total. The summed E-state index contributed by atoms with van der Waals surface area (Å²) in [6.45, 7) is 3.93. The van der Waals surface area contributed by atoms with Crippen LogP contribution in [0.1, 0.15) is 23.1 Å². The van der Waals surface area contributed by atoms with Crippen molar-refractivity contribution >= 4 is 28.5 Å². The maximum absolute atomic E-state index is 11.7. The summed E-state index contributed by atoms with van der Waals surface area (Å²) in [5.41, 5.74) is 1.87. The quantitative estimate of drug-likeness (QED) is 0.535. The topological polar surface area (TPSA) is 94.8 Å². The van der Waals surface area contributed by atoms with E-state index in [1.165, 1.54) is 0 Å². The SMILES string of the molecule is CCOC(=O)c1ccc(Nc2cc(C)nn2-c2ccc3ccccc3n2)nn1. The number of para-hydroxylation sites is 1. The van der Waals surface area contributed by atoms with Gasteiger partial charge < -0.3 is 10.1 Å². The zero-order valence-electron chi connectivity index (χ0n) is 15.5. The molecule has 3 heterocycles. The van der Waals surface area contributed by atoms with E-state index in [0.717, 1.165) is 16.6 Å². The summed E-state index contributed by atoms with van der Waals surface area (Å²) in [4.78, 5) is 16.4. The maximum atomic E-state index is 11.7. The van der Waals surface area contributed by atoms with Gasteiger partial charge in [0, 0.05) is 11.5 Å². The lowest BCUT2D eigenvalue weighted by Gasteiger charge is -2.09. The largest absolute Gasteiger partial charge is 0.461 e. The van der Waals surface area contributed by atoms with Gasteiger partial charge in [-0.2, -0.15) is 9.78 Å². The lowest BCUT2D eigenvalue weighted by Crippen LogP contribution is -2.09. The number of ether oxygens (including phenoxy) is 1. The Kier molecular flexibility index (Phi) is 4.67. The Hall–Kier alpha value is -3.81. The Labute approximate surface area is 161 Å². The van der Waals surface area contributed by atoms with Crippen molar-refractivity contribution in [1.82, 2.24) is 25.0 Å². The lowest BCUT2D eigenvalue weighted by molar-refractivity contribution is 0.0518. The molecule has 0 aliphatic rings. The third-order valence-corrected chi connectivity index (χ3v) is 4.04. The second kappa shape index (κ2) is 7.43. The predicted octanol–water partition coefficient (Wildman–Crippen LogP) is 3.44. The fraction of sp³-hybridized carbons (Fsp3) is 0.150. The molecule has 3 aromatic heterocycles. The highest BCUT2D eigenvalue weighted by Crippen LogP contribution is 2.21. The Bertz CT molecular complexity index is 1140. The molecule has 140 valence electrons. The second-order valence-electron chi connectivity index (χ2n) is 6.09. The lowest BCUT2D eigenvalue weighted by atomic mass is 10.2. The summed E-state index contributed by atoms with van der Waals surface area (Å²) in [6.07, 6.45) is 0. The van der Waals surface area contributed by atoms with Crippen LogP contribution >= 0.6 is 0 Å². The molecule has 4 aromatic rings. The van der Waals surface area contributed by atoms with Crippen LogP contribution in [0.4, 0.5) is 11.6 Å². The summed E-state index contributed by atoms with van der Waals surface area (Å²) < 4.78 is 6.63. The fourth-order valence-electron chi connectivity index (χ4n) is 2.78. The minimum absolute atomic E-state index is 0.160. The van der Waals surface area contributed by atoms with Crippen molar-refractivity contribution in [2.45, 2.75) is 13.8 Å². The van der Waals surface area contributed by atoms with Gasteiger partial charge in [0.2, 0.25) is 0 Å². The molecule has 0 aliphatic carbocycles. The minimum Gasteiger partial charge on any atom is -0.461 e. The molecular weight excluding hydrogens is 356 g/mol. The number of benzene rings is 1. The predicted molar refractivity (Wildman–Crippen MR) is 105 cm³/mol. The number of hydrogen-bond donors (Lipinski definition) is 1. The van der Waals surface area contributed by atoms with Gasteiger partial charge in [-0.3, -0.25) is 0 Å². The number of anilines is 2. The van der Waals surface area contributed by atoms with Crippen LogP contribution in [0.3, 0.4) is 0 Å². The molecule has 28 heavy (non-hydrogen) atoms. The smallest absolute Gasteiger partial charge is 0.358 e. The van der Waals surface area contributed by atoms with Crippen LogP contribution in [-0.2, 0) is 4.74 Å². The number of esters is 1. The molecule has 0 saturated heterocycles. The first kappa shape index (κ1) is 17.6. The summed E-state index contributed by atoms with van der Waals surface area (Å²) >= 11 is 0. The molecule has 0 atom stereocenters. The molecule has 8 heteroatoms. The third-order valence-electron chi connectivity index (χ3n) is 4.04. The third kappa shape index (κ3) is 3.52. The van der Waals surface area contributed by atoms with E-state index in [-0.39, 0.29) is 12.3 Å². The summed E-state index contributed by atoms with van der Waals surface area (Å²) in [5.74, 6) is 1.36. The second-order valence-corrected chi connectivity index (χ2v) is 6.09. The Morgan fingerprint density at radius 1 is 1.11 bits per heavy atom. The molecule has 0 bridgehead atoms. The van der Waals surface area contributed by atoms with Gasteiger partial charge in [-0.25, -0.2) is 9.78 Å².